The molecule has 5 atom stereocenters. The molecule has 2 aromatic carbocycles. The largest absolute Gasteiger partial charge is 0.508 e. The summed E-state index contributed by atoms with van der Waals surface area (Å²) in [6, 6.07) is 5.43. The summed E-state index contributed by atoms with van der Waals surface area (Å²) in [6.45, 7) is 6.67. The number of anilines is 1. The summed E-state index contributed by atoms with van der Waals surface area (Å²) < 4.78 is 59.7. The van der Waals surface area contributed by atoms with E-state index in [1.165, 1.54) is 24.3 Å². The second-order valence-corrected chi connectivity index (χ2v) is 13.5. The molecule has 48 heavy (non-hydrogen) atoms. The Balaban J connectivity index is 1.35. The van der Waals surface area contributed by atoms with Crippen LogP contribution in [0.5, 0.6) is 17.6 Å². The highest BCUT2D eigenvalue weighted by Crippen LogP contribution is 2.45. The lowest BCUT2D eigenvalue weighted by atomic mass is 9.95. The predicted octanol–water partition coefficient (Wildman–Crippen LogP) is 5.49. The molecule has 0 amide bonds. The number of phenolic OH excluding ortho intramolecular Hbond substituents is 1. The summed E-state index contributed by atoms with van der Waals surface area (Å²) in [5.41, 5.74) is -0.722. The quantitative estimate of drug-likeness (QED) is 0.261. The number of nitrogens with one attached hydrogen (secondary N) is 1. The van der Waals surface area contributed by atoms with Crippen molar-refractivity contribution in [2.75, 3.05) is 37.7 Å². The zero-order valence-electron chi connectivity index (χ0n) is 26.9. The number of ether oxygens (including phenoxy) is 2. The first kappa shape index (κ1) is 31.0. The SMILES string of the molecule is C#Cc1c(F)ccc2cc(O)cc(-c3nc4c5c(nc(OC[C@@]67CCCN6C[C@H](F)C7)nc5c3F)N3C[C@@H](CC)NC[C@H]3[C@H](CC)O4)c12. The molecule has 12 heteroatoms. The number of phenols is 1. The number of fused-ring (bicyclic) bond motifs is 4. The number of halogens is 3. The monoisotopic (exact) mass is 658 g/mol. The first-order valence-electron chi connectivity index (χ1n) is 16.8. The van der Waals surface area contributed by atoms with Crippen LogP contribution in [0.25, 0.3) is 32.9 Å². The zero-order valence-corrected chi connectivity index (χ0v) is 26.9. The summed E-state index contributed by atoms with van der Waals surface area (Å²) in [7, 11) is 0. The summed E-state index contributed by atoms with van der Waals surface area (Å²) in [5, 5.41) is 15.3. The Morgan fingerprint density at radius 1 is 1.15 bits per heavy atom. The van der Waals surface area contributed by atoms with Gasteiger partial charge in [0.2, 0.25) is 5.88 Å². The summed E-state index contributed by atoms with van der Waals surface area (Å²) in [6.07, 6.45) is 8.08. The van der Waals surface area contributed by atoms with Crippen molar-refractivity contribution in [3.05, 3.63) is 41.5 Å². The van der Waals surface area contributed by atoms with E-state index < -0.39 is 23.3 Å². The molecule has 2 N–H and O–H groups in total. The number of nitrogens with zero attached hydrogens (tertiary/aromatic N) is 5. The maximum absolute atomic E-state index is 17.2. The van der Waals surface area contributed by atoms with Gasteiger partial charge in [-0.05, 0) is 55.8 Å². The summed E-state index contributed by atoms with van der Waals surface area (Å²) >= 11 is 0. The highest BCUT2D eigenvalue weighted by molar-refractivity contribution is 6.04. The number of benzene rings is 2. The van der Waals surface area contributed by atoms with Gasteiger partial charge < -0.3 is 24.8 Å². The maximum atomic E-state index is 17.2. The van der Waals surface area contributed by atoms with Crippen LogP contribution in [0.3, 0.4) is 0 Å². The molecule has 9 nitrogen and oxygen atoms in total. The van der Waals surface area contributed by atoms with Crippen LogP contribution in [0.2, 0.25) is 0 Å². The number of piperazine rings is 1. The number of aromatic nitrogens is 3. The lowest BCUT2D eigenvalue weighted by Crippen LogP contribution is -2.61. The molecule has 0 aliphatic carbocycles. The molecule has 0 bridgehead atoms. The molecule has 6 heterocycles. The van der Waals surface area contributed by atoms with Gasteiger partial charge in [0, 0.05) is 43.0 Å². The topological polar surface area (TPSA) is 95.9 Å². The van der Waals surface area contributed by atoms with Crippen molar-refractivity contribution in [2.24, 2.45) is 0 Å². The van der Waals surface area contributed by atoms with Gasteiger partial charge in [-0.1, -0.05) is 25.8 Å². The summed E-state index contributed by atoms with van der Waals surface area (Å²) in [5.74, 6) is 1.33. The van der Waals surface area contributed by atoms with E-state index in [0.717, 1.165) is 25.8 Å². The van der Waals surface area contributed by atoms with E-state index >= 15 is 8.78 Å². The smallest absolute Gasteiger partial charge is 0.319 e. The van der Waals surface area contributed by atoms with Crippen LogP contribution in [0.4, 0.5) is 19.0 Å². The van der Waals surface area contributed by atoms with E-state index in [1.54, 1.807) is 0 Å². The minimum Gasteiger partial charge on any atom is -0.508 e. The third-order valence-corrected chi connectivity index (χ3v) is 10.7. The predicted molar refractivity (Wildman–Crippen MR) is 176 cm³/mol. The molecule has 0 unspecified atom stereocenters. The van der Waals surface area contributed by atoms with Gasteiger partial charge >= 0.3 is 6.01 Å². The molecule has 2 aromatic heterocycles. The van der Waals surface area contributed by atoms with Crippen LogP contribution in [0.1, 0.15) is 51.5 Å². The lowest BCUT2D eigenvalue weighted by Gasteiger charge is -2.42. The lowest BCUT2D eigenvalue weighted by molar-refractivity contribution is 0.107. The van der Waals surface area contributed by atoms with Gasteiger partial charge in [-0.25, -0.2) is 18.2 Å². The Morgan fingerprint density at radius 2 is 2.00 bits per heavy atom. The third kappa shape index (κ3) is 4.81. The van der Waals surface area contributed by atoms with Crippen molar-refractivity contribution < 1.29 is 27.8 Å². The molecular weight excluding hydrogens is 621 g/mol. The second-order valence-electron chi connectivity index (χ2n) is 13.5. The number of rotatable bonds is 6. The van der Waals surface area contributed by atoms with Gasteiger partial charge in [-0.3, -0.25) is 4.90 Å². The highest BCUT2D eigenvalue weighted by Gasteiger charge is 2.49. The molecule has 3 fully saturated rings. The van der Waals surface area contributed by atoms with E-state index in [1.807, 2.05) is 6.92 Å². The van der Waals surface area contributed by atoms with Crippen molar-refractivity contribution in [3.8, 4) is 41.2 Å². The van der Waals surface area contributed by atoms with Crippen molar-refractivity contribution in [1.82, 2.24) is 25.2 Å². The Kier molecular flexibility index (Phi) is 7.53. The van der Waals surface area contributed by atoms with Crippen LogP contribution in [-0.2, 0) is 0 Å². The van der Waals surface area contributed by atoms with Crippen LogP contribution < -0.4 is 19.7 Å². The van der Waals surface area contributed by atoms with E-state index in [-0.39, 0.29) is 70.2 Å². The van der Waals surface area contributed by atoms with Gasteiger partial charge in [0.05, 0.1) is 17.1 Å². The van der Waals surface area contributed by atoms with E-state index in [4.69, 9.17) is 25.9 Å². The average Bonchev–Trinajstić information content (AvgIpc) is 3.57. The van der Waals surface area contributed by atoms with Gasteiger partial charge in [0.25, 0.3) is 0 Å². The number of pyridine rings is 1. The Bertz CT molecular complexity index is 1990. The Hall–Kier alpha value is -4.34. The fraction of sp³-hybridized carbons (Fsp3) is 0.472. The number of terminal acetylenes is 1. The molecule has 3 saturated heterocycles. The standard InChI is InChI=1S/C36H37F3N6O3/c1-4-21-17-45-26(15-40-21)27(6-3)48-34-29-32(42-35(43-33(29)45)47-18-36-10-7-11-44(36)16-20(37)14-36)30(39)31(41-34)24-13-22(46)12-19-8-9-25(38)23(5-2)28(19)24/h2,8-9,12-13,20-21,26-27,40,46H,4,6-7,10-11,14-18H2,1,3H3/t20-,21-,26+,27+,36+/m1/s1. The van der Waals surface area contributed by atoms with Gasteiger partial charge in [-0.15, -0.1) is 6.42 Å². The molecule has 0 spiro atoms. The molecule has 4 aliphatic rings. The fourth-order valence-corrected chi connectivity index (χ4v) is 8.30. The highest BCUT2D eigenvalue weighted by atomic mass is 19.1. The van der Waals surface area contributed by atoms with E-state index in [2.05, 4.69) is 32.9 Å². The molecule has 0 radical (unpaired) electrons. The van der Waals surface area contributed by atoms with E-state index in [0.29, 0.717) is 49.1 Å². The van der Waals surface area contributed by atoms with E-state index in [9.17, 15) is 9.50 Å². The minimum atomic E-state index is -0.935. The summed E-state index contributed by atoms with van der Waals surface area (Å²) in [4.78, 5) is 18.5. The fourth-order valence-electron chi connectivity index (χ4n) is 8.30. The average molecular weight is 659 g/mol. The van der Waals surface area contributed by atoms with Crippen molar-refractivity contribution in [2.45, 2.75) is 75.8 Å². The first-order valence-corrected chi connectivity index (χ1v) is 16.8. The minimum absolute atomic E-state index is 0.0283. The normalized spacial score (nSPS) is 26.6. The molecule has 0 saturated carbocycles. The number of aromatic hydroxyl groups is 1. The van der Waals surface area contributed by atoms with Crippen LogP contribution >= 0.6 is 0 Å². The molecule has 4 aromatic rings. The van der Waals surface area contributed by atoms with Gasteiger partial charge in [0.15, 0.2) is 5.82 Å². The Labute approximate surface area is 276 Å². The number of alkyl halides is 1. The number of hydrogen-bond donors (Lipinski definition) is 2. The van der Waals surface area contributed by atoms with Crippen molar-refractivity contribution in [1.29, 1.82) is 0 Å². The van der Waals surface area contributed by atoms with Crippen LogP contribution in [0, 0.1) is 24.0 Å². The molecule has 4 aliphatic heterocycles. The number of hydrogen-bond acceptors (Lipinski definition) is 9. The third-order valence-electron chi connectivity index (χ3n) is 10.7. The van der Waals surface area contributed by atoms with Crippen LogP contribution in [0.15, 0.2) is 24.3 Å². The van der Waals surface area contributed by atoms with Crippen molar-refractivity contribution >= 4 is 27.5 Å². The molecule has 8 rings (SSSR count). The molecule has 250 valence electrons. The van der Waals surface area contributed by atoms with Gasteiger partial charge in [-0.2, -0.15) is 9.97 Å². The zero-order chi connectivity index (χ0) is 33.3. The van der Waals surface area contributed by atoms with Crippen LogP contribution in [-0.4, -0.2) is 87.6 Å². The second kappa shape index (κ2) is 11.7. The molecular formula is C36H37F3N6O3. The van der Waals surface area contributed by atoms with Crippen molar-refractivity contribution in [3.63, 3.8) is 0 Å². The first-order chi connectivity index (χ1) is 23.2. The maximum Gasteiger partial charge on any atom is 0.319 e. The Morgan fingerprint density at radius 3 is 2.79 bits per heavy atom. The van der Waals surface area contributed by atoms with Gasteiger partial charge in [0.1, 0.15) is 52.9 Å².